The van der Waals surface area contributed by atoms with Gasteiger partial charge in [0.2, 0.25) is 5.78 Å². The van der Waals surface area contributed by atoms with Gasteiger partial charge in [0.15, 0.2) is 11.2 Å². The number of hydrogen-bond acceptors (Lipinski definition) is 6. The summed E-state index contributed by atoms with van der Waals surface area (Å²) in [7, 11) is 1.82. The summed E-state index contributed by atoms with van der Waals surface area (Å²) in [5, 5.41) is 0. The summed E-state index contributed by atoms with van der Waals surface area (Å²) in [6.45, 7) is 5.98. The van der Waals surface area contributed by atoms with Crippen LogP contribution in [0.15, 0.2) is 42.7 Å². The fraction of sp³-hybridized carbons (Fsp3) is 0.538. The standard InChI is InChI=1S/C26H32N2O5/c1-5-32-23(30)26(24(31)33-6-2)15-17-14-19(21(29)22-27-12-13-28(22)4)25(3,20(17)16-26)18-10-8-7-9-11-18/h7-13,17,19-20H,5-6,14-16H2,1-4H3/t17-,19+,20+,25+/m0/s1. The van der Waals surface area contributed by atoms with Crippen molar-refractivity contribution in [3.63, 3.8) is 0 Å². The van der Waals surface area contributed by atoms with E-state index in [2.05, 4.69) is 11.9 Å². The lowest BCUT2D eigenvalue weighted by Gasteiger charge is -2.38. The van der Waals surface area contributed by atoms with Crippen LogP contribution in [0.2, 0.25) is 0 Å². The lowest BCUT2D eigenvalue weighted by molar-refractivity contribution is -0.172. The van der Waals surface area contributed by atoms with E-state index in [0.29, 0.717) is 25.1 Å². The molecule has 33 heavy (non-hydrogen) atoms. The van der Waals surface area contributed by atoms with Gasteiger partial charge in [-0.2, -0.15) is 0 Å². The fourth-order valence-electron chi connectivity index (χ4n) is 6.28. The Labute approximate surface area is 194 Å². The molecule has 7 heteroatoms. The predicted molar refractivity (Wildman–Crippen MR) is 121 cm³/mol. The molecular weight excluding hydrogens is 420 g/mol. The number of ether oxygens (including phenoxy) is 2. The lowest BCUT2D eigenvalue weighted by Crippen LogP contribution is -2.44. The van der Waals surface area contributed by atoms with E-state index in [4.69, 9.17) is 9.47 Å². The predicted octanol–water partition coefficient (Wildman–Crippen LogP) is 3.72. The van der Waals surface area contributed by atoms with Crippen molar-refractivity contribution in [3.05, 3.63) is 54.1 Å². The van der Waals surface area contributed by atoms with Gasteiger partial charge in [-0.15, -0.1) is 0 Å². The van der Waals surface area contributed by atoms with Gasteiger partial charge in [0.05, 0.1) is 13.2 Å². The Hall–Kier alpha value is -2.96. The zero-order valence-electron chi connectivity index (χ0n) is 19.7. The van der Waals surface area contributed by atoms with Gasteiger partial charge in [-0.3, -0.25) is 14.4 Å². The zero-order chi connectivity index (χ0) is 23.8. The summed E-state index contributed by atoms with van der Waals surface area (Å²) in [6.07, 6.45) is 4.64. The van der Waals surface area contributed by atoms with Gasteiger partial charge >= 0.3 is 11.9 Å². The molecule has 0 amide bonds. The molecule has 0 saturated heterocycles. The quantitative estimate of drug-likeness (QED) is 0.361. The highest BCUT2D eigenvalue weighted by Crippen LogP contribution is 2.64. The van der Waals surface area contributed by atoms with Crippen LogP contribution in [0.5, 0.6) is 0 Å². The molecular formula is C26H32N2O5. The van der Waals surface area contributed by atoms with E-state index >= 15 is 0 Å². The first-order valence-electron chi connectivity index (χ1n) is 11.7. The molecule has 4 rings (SSSR count). The molecule has 4 atom stereocenters. The number of benzene rings is 1. The van der Waals surface area contributed by atoms with Crippen molar-refractivity contribution in [1.29, 1.82) is 0 Å². The zero-order valence-corrected chi connectivity index (χ0v) is 19.7. The monoisotopic (exact) mass is 452 g/mol. The number of rotatable bonds is 7. The molecule has 7 nitrogen and oxygen atoms in total. The third-order valence-corrected chi connectivity index (χ3v) is 7.87. The number of aromatic nitrogens is 2. The van der Waals surface area contributed by atoms with Crippen LogP contribution in [-0.4, -0.2) is 40.5 Å². The highest BCUT2D eigenvalue weighted by atomic mass is 16.6. The number of nitrogens with zero attached hydrogens (tertiary/aromatic N) is 2. The van der Waals surface area contributed by atoms with Crippen LogP contribution in [0, 0.1) is 23.2 Å². The molecule has 0 radical (unpaired) electrons. The first kappa shape index (κ1) is 23.2. The maximum Gasteiger partial charge on any atom is 0.323 e. The van der Waals surface area contributed by atoms with Crippen molar-refractivity contribution in [1.82, 2.24) is 9.55 Å². The Balaban J connectivity index is 1.78. The van der Waals surface area contributed by atoms with E-state index in [1.807, 2.05) is 37.4 Å². The third-order valence-electron chi connectivity index (χ3n) is 7.87. The number of ketones is 1. The average Bonchev–Trinajstić information content (AvgIpc) is 3.48. The lowest BCUT2D eigenvalue weighted by atomic mass is 9.65. The molecule has 0 spiro atoms. The van der Waals surface area contributed by atoms with Crippen molar-refractivity contribution in [3.8, 4) is 0 Å². The molecule has 1 aromatic carbocycles. The van der Waals surface area contributed by atoms with Gasteiger partial charge in [0.1, 0.15) is 0 Å². The number of aryl methyl sites for hydroxylation is 1. The van der Waals surface area contributed by atoms with Gasteiger partial charge in [0, 0.05) is 30.8 Å². The number of fused-ring (bicyclic) bond motifs is 1. The summed E-state index contributed by atoms with van der Waals surface area (Å²) in [5.74, 6) is -0.940. The van der Waals surface area contributed by atoms with Crippen molar-refractivity contribution in [2.24, 2.45) is 30.2 Å². The Kier molecular flexibility index (Phi) is 6.16. The van der Waals surface area contributed by atoms with Gasteiger partial charge in [-0.05, 0) is 50.5 Å². The average molecular weight is 453 g/mol. The van der Waals surface area contributed by atoms with Crippen LogP contribution in [0.25, 0.3) is 0 Å². The summed E-state index contributed by atoms with van der Waals surface area (Å²) >= 11 is 0. The van der Waals surface area contributed by atoms with Gasteiger partial charge < -0.3 is 14.0 Å². The van der Waals surface area contributed by atoms with Crippen LogP contribution < -0.4 is 0 Å². The molecule has 2 saturated carbocycles. The Morgan fingerprint density at radius 1 is 1.06 bits per heavy atom. The van der Waals surface area contributed by atoms with E-state index in [0.717, 1.165) is 5.56 Å². The largest absolute Gasteiger partial charge is 0.465 e. The molecule has 0 N–H and O–H groups in total. The van der Waals surface area contributed by atoms with E-state index in [1.54, 1.807) is 30.8 Å². The van der Waals surface area contributed by atoms with Crippen molar-refractivity contribution in [2.45, 2.75) is 45.4 Å². The number of Topliss-reactive ketones (excluding diaryl/α,β-unsaturated/α-hetero) is 1. The van der Waals surface area contributed by atoms with Crippen molar-refractivity contribution >= 4 is 17.7 Å². The van der Waals surface area contributed by atoms with Gasteiger partial charge in [0.25, 0.3) is 0 Å². The third kappa shape index (κ3) is 3.58. The van der Waals surface area contributed by atoms with E-state index in [1.165, 1.54) is 0 Å². The number of hydrogen-bond donors (Lipinski definition) is 0. The number of carbonyl (C=O) groups excluding carboxylic acids is 3. The Bertz CT molecular complexity index is 1030. The topological polar surface area (TPSA) is 87.5 Å². The second-order valence-electron chi connectivity index (χ2n) is 9.46. The summed E-state index contributed by atoms with van der Waals surface area (Å²) < 4.78 is 12.5. The van der Waals surface area contributed by atoms with Gasteiger partial charge in [-0.25, -0.2) is 4.98 Å². The molecule has 2 aliphatic rings. The number of imidazole rings is 1. The minimum absolute atomic E-state index is 0.00104. The van der Waals surface area contributed by atoms with Crippen LogP contribution in [0.1, 0.15) is 56.2 Å². The van der Waals surface area contributed by atoms with Gasteiger partial charge in [-0.1, -0.05) is 37.3 Å². The summed E-state index contributed by atoms with van der Waals surface area (Å²) in [6, 6.07) is 9.96. The first-order chi connectivity index (χ1) is 15.8. The van der Waals surface area contributed by atoms with Crippen LogP contribution in [0.3, 0.4) is 0 Å². The molecule has 1 heterocycles. The maximum absolute atomic E-state index is 13.7. The summed E-state index contributed by atoms with van der Waals surface area (Å²) in [4.78, 5) is 44.2. The molecule has 0 bridgehead atoms. The SMILES string of the molecule is CCOC(=O)C1(C(=O)OCC)C[C@@H]2C[C@H](C(=O)c3nccn3C)[C@@](C)(c3ccccc3)[C@@H]2C1. The second kappa shape index (κ2) is 8.76. The highest BCUT2D eigenvalue weighted by Gasteiger charge is 2.67. The minimum atomic E-state index is -1.32. The van der Waals surface area contributed by atoms with Crippen molar-refractivity contribution < 1.29 is 23.9 Å². The maximum atomic E-state index is 13.7. The molecule has 0 unspecified atom stereocenters. The Morgan fingerprint density at radius 2 is 1.70 bits per heavy atom. The molecule has 176 valence electrons. The smallest absolute Gasteiger partial charge is 0.323 e. The van der Waals surface area contributed by atoms with Crippen LogP contribution in [-0.2, 0) is 31.5 Å². The van der Waals surface area contributed by atoms with Crippen LogP contribution in [0.4, 0.5) is 0 Å². The van der Waals surface area contributed by atoms with E-state index < -0.39 is 22.8 Å². The Morgan fingerprint density at radius 3 is 2.24 bits per heavy atom. The molecule has 2 fully saturated rings. The van der Waals surface area contributed by atoms with Crippen molar-refractivity contribution in [2.75, 3.05) is 13.2 Å². The molecule has 0 aliphatic heterocycles. The molecule has 1 aromatic heterocycles. The fourth-order valence-corrected chi connectivity index (χ4v) is 6.28. The number of carbonyl (C=O) groups is 3. The van der Waals surface area contributed by atoms with Crippen LogP contribution >= 0.6 is 0 Å². The molecule has 2 aromatic rings. The first-order valence-corrected chi connectivity index (χ1v) is 11.7. The second-order valence-corrected chi connectivity index (χ2v) is 9.46. The molecule has 2 aliphatic carbocycles. The minimum Gasteiger partial charge on any atom is -0.465 e. The number of esters is 2. The summed E-state index contributed by atoms with van der Waals surface area (Å²) in [5.41, 5.74) is -0.849. The van der Waals surface area contributed by atoms with E-state index in [-0.39, 0.29) is 36.8 Å². The van der Waals surface area contributed by atoms with E-state index in [9.17, 15) is 14.4 Å². The normalized spacial score (nSPS) is 27.7. The highest BCUT2D eigenvalue weighted by molar-refractivity contribution is 6.01.